The highest BCUT2D eigenvalue weighted by molar-refractivity contribution is 8.10. The highest BCUT2D eigenvalue weighted by atomic mass is 32.2. The quantitative estimate of drug-likeness (QED) is 0.622. The summed E-state index contributed by atoms with van der Waals surface area (Å²) in [4.78, 5) is 0. The van der Waals surface area contributed by atoms with E-state index in [1.54, 1.807) is 0 Å². The first kappa shape index (κ1) is 16.2. The minimum Gasteiger partial charge on any atom is -0.372 e. The van der Waals surface area contributed by atoms with Gasteiger partial charge in [0.25, 0.3) is 0 Å². The van der Waals surface area contributed by atoms with Crippen LogP contribution >= 0.6 is 47.0 Å². The molecule has 0 amide bonds. The Morgan fingerprint density at radius 2 is 1.75 bits per heavy atom. The normalized spacial score (nSPS) is 43.5. The van der Waals surface area contributed by atoms with Crippen molar-refractivity contribution in [3.8, 4) is 0 Å². The second-order valence-electron chi connectivity index (χ2n) is 6.02. The van der Waals surface area contributed by atoms with E-state index in [0.29, 0.717) is 17.0 Å². The van der Waals surface area contributed by atoms with Crippen molar-refractivity contribution in [2.75, 3.05) is 42.0 Å². The van der Waals surface area contributed by atoms with Gasteiger partial charge in [-0.25, -0.2) is 0 Å². The summed E-state index contributed by atoms with van der Waals surface area (Å²) < 4.78 is 11.1. The van der Waals surface area contributed by atoms with Crippen LogP contribution in [0.25, 0.3) is 0 Å². The van der Waals surface area contributed by atoms with E-state index in [9.17, 15) is 0 Å². The van der Waals surface area contributed by atoms with Gasteiger partial charge in [-0.05, 0) is 6.92 Å². The summed E-state index contributed by atoms with van der Waals surface area (Å²) in [6.45, 7) is 6.84. The van der Waals surface area contributed by atoms with Crippen molar-refractivity contribution < 1.29 is 9.47 Å². The van der Waals surface area contributed by atoms with Crippen LogP contribution in [-0.2, 0) is 9.47 Å². The molecule has 3 fully saturated rings. The van der Waals surface area contributed by atoms with Gasteiger partial charge in [-0.3, -0.25) is 0 Å². The van der Waals surface area contributed by atoms with E-state index in [-0.39, 0.29) is 0 Å². The van der Waals surface area contributed by atoms with Crippen molar-refractivity contribution in [3.63, 3.8) is 0 Å². The maximum absolute atomic E-state index is 5.32. The first-order chi connectivity index (χ1) is 9.66. The van der Waals surface area contributed by atoms with Gasteiger partial charge >= 0.3 is 0 Å². The van der Waals surface area contributed by atoms with Crippen LogP contribution in [0, 0.1) is 0 Å². The van der Waals surface area contributed by atoms with Crippen LogP contribution in [0.3, 0.4) is 0 Å². The zero-order valence-electron chi connectivity index (χ0n) is 12.2. The van der Waals surface area contributed by atoms with Crippen molar-refractivity contribution >= 4 is 47.0 Å². The molecule has 3 heterocycles. The molecule has 3 saturated heterocycles. The van der Waals surface area contributed by atoms with E-state index in [1.165, 1.54) is 28.8 Å². The Hall–Kier alpha value is 1.32. The van der Waals surface area contributed by atoms with E-state index < -0.39 is 0 Å². The fourth-order valence-corrected chi connectivity index (χ4v) is 8.70. The van der Waals surface area contributed by atoms with Crippen molar-refractivity contribution in [2.45, 2.75) is 41.3 Å². The van der Waals surface area contributed by atoms with Crippen LogP contribution < -0.4 is 0 Å². The molecule has 0 aliphatic carbocycles. The average Bonchev–Trinajstić information content (AvgIpc) is 3.28. The van der Waals surface area contributed by atoms with Crippen molar-refractivity contribution in [2.24, 2.45) is 0 Å². The molecule has 5 atom stereocenters. The fraction of sp³-hybridized carbons (Fsp3) is 1.00. The molecule has 0 spiro atoms. The van der Waals surface area contributed by atoms with Gasteiger partial charge in [-0.1, -0.05) is 6.92 Å². The lowest BCUT2D eigenvalue weighted by atomic mass is 10.1. The molecule has 0 bridgehead atoms. The molecule has 116 valence electrons. The van der Waals surface area contributed by atoms with Gasteiger partial charge in [0.2, 0.25) is 0 Å². The Labute approximate surface area is 139 Å². The molecule has 3 rings (SSSR count). The summed E-state index contributed by atoms with van der Waals surface area (Å²) in [5.74, 6) is 6.22. The number of ether oxygens (including phenoxy) is 2. The maximum Gasteiger partial charge on any atom is 0.0900 e. The van der Waals surface area contributed by atoms with E-state index in [1.807, 2.05) is 0 Å². The van der Waals surface area contributed by atoms with Gasteiger partial charge in [-0.2, -0.15) is 47.0 Å². The molecule has 3 aliphatic heterocycles. The predicted octanol–water partition coefficient (Wildman–Crippen LogP) is 3.25. The third-order valence-electron chi connectivity index (χ3n) is 3.80. The Morgan fingerprint density at radius 1 is 1.10 bits per heavy atom. The molecule has 20 heavy (non-hydrogen) atoms. The zero-order valence-corrected chi connectivity index (χ0v) is 15.5. The molecule has 6 heteroatoms. The summed E-state index contributed by atoms with van der Waals surface area (Å²) in [5, 5.41) is 1.57. The monoisotopic (exact) mass is 352 g/mol. The topological polar surface area (TPSA) is 25.1 Å². The average molecular weight is 353 g/mol. The number of hydrogen-bond donors (Lipinski definition) is 0. The van der Waals surface area contributed by atoms with E-state index in [0.717, 1.165) is 23.7 Å². The molecule has 0 radical (unpaired) electrons. The van der Waals surface area contributed by atoms with Gasteiger partial charge in [0.05, 0.1) is 25.4 Å². The molecule has 0 saturated carbocycles. The first-order valence-corrected chi connectivity index (χ1v) is 11.6. The highest BCUT2D eigenvalue weighted by Gasteiger charge is 2.40. The van der Waals surface area contributed by atoms with Crippen LogP contribution in [0.4, 0.5) is 0 Å². The van der Waals surface area contributed by atoms with Crippen molar-refractivity contribution in [3.05, 3.63) is 0 Å². The standard InChI is InChI=1S/C14H24O2S4/c1-10-5-19-14(2,9-18-7-12-4-16-12)13(20-10)8-17-6-11-3-15-11/h10-13H,3-9H2,1-2H3. The lowest BCUT2D eigenvalue weighted by Gasteiger charge is -2.42. The summed E-state index contributed by atoms with van der Waals surface area (Å²) in [6, 6.07) is 0. The van der Waals surface area contributed by atoms with E-state index >= 15 is 0 Å². The molecule has 3 aliphatic rings. The number of thioether (sulfide) groups is 4. The molecule has 0 aromatic heterocycles. The van der Waals surface area contributed by atoms with Crippen molar-refractivity contribution in [1.29, 1.82) is 0 Å². The van der Waals surface area contributed by atoms with Crippen LogP contribution in [0.1, 0.15) is 13.8 Å². The van der Waals surface area contributed by atoms with E-state index in [2.05, 4.69) is 60.9 Å². The minimum atomic E-state index is 0.425. The number of epoxide rings is 2. The molecular weight excluding hydrogens is 328 g/mol. The third kappa shape index (κ3) is 4.92. The van der Waals surface area contributed by atoms with E-state index in [4.69, 9.17) is 9.47 Å². The van der Waals surface area contributed by atoms with Crippen LogP contribution in [0.5, 0.6) is 0 Å². The highest BCUT2D eigenvalue weighted by Crippen LogP contribution is 2.47. The Kier molecular flexibility index (Phi) is 5.88. The number of hydrogen-bond acceptors (Lipinski definition) is 6. The Morgan fingerprint density at radius 3 is 2.40 bits per heavy atom. The lowest BCUT2D eigenvalue weighted by molar-refractivity contribution is 0.425. The second-order valence-corrected chi connectivity index (χ2v) is 11.3. The van der Waals surface area contributed by atoms with Crippen LogP contribution in [0.2, 0.25) is 0 Å². The van der Waals surface area contributed by atoms with Gasteiger partial charge in [0, 0.05) is 44.0 Å². The summed E-state index contributed by atoms with van der Waals surface area (Å²) in [5.41, 5.74) is 0. The predicted molar refractivity (Wildman–Crippen MR) is 95.8 cm³/mol. The molecule has 0 aromatic rings. The molecule has 0 aromatic carbocycles. The van der Waals surface area contributed by atoms with Gasteiger partial charge in [0.15, 0.2) is 0 Å². The van der Waals surface area contributed by atoms with Gasteiger partial charge in [-0.15, -0.1) is 0 Å². The van der Waals surface area contributed by atoms with Gasteiger partial charge in [0.1, 0.15) is 0 Å². The second kappa shape index (κ2) is 7.26. The molecule has 2 nitrogen and oxygen atoms in total. The Bertz CT molecular complexity index is 322. The zero-order chi connectivity index (χ0) is 14.0. The van der Waals surface area contributed by atoms with Crippen LogP contribution in [0.15, 0.2) is 0 Å². The minimum absolute atomic E-state index is 0.425. The fourth-order valence-electron chi connectivity index (χ4n) is 2.24. The first-order valence-electron chi connectivity index (χ1n) is 7.34. The van der Waals surface area contributed by atoms with Gasteiger partial charge < -0.3 is 9.47 Å². The van der Waals surface area contributed by atoms with Crippen LogP contribution in [-0.4, -0.2) is 69.4 Å². The third-order valence-corrected chi connectivity index (χ3v) is 10.5. The smallest absolute Gasteiger partial charge is 0.0900 e. The number of rotatable bonds is 8. The largest absolute Gasteiger partial charge is 0.372 e. The Balaban J connectivity index is 1.46. The maximum atomic E-state index is 5.32. The summed E-state index contributed by atoms with van der Waals surface area (Å²) in [7, 11) is 0. The summed E-state index contributed by atoms with van der Waals surface area (Å²) >= 11 is 8.60. The van der Waals surface area contributed by atoms with Crippen molar-refractivity contribution in [1.82, 2.24) is 0 Å². The summed E-state index contributed by atoms with van der Waals surface area (Å²) in [6.07, 6.45) is 1.12. The SMILES string of the molecule is CC1CSC(C)(CSCC2CO2)C(CSCC2CO2)S1. The molecule has 5 unspecified atom stereocenters. The molecular formula is C14H24O2S4. The molecule has 0 N–H and O–H groups in total. The lowest BCUT2D eigenvalue weighted by Crippen LogP contribution is -2.43.